The van der Waals surface area contributed by atoms with Crippen LogP contribution in [0.15, 0.2) is 33.7 Å². The van der Waals surface area contributed by atoms with Gasteiger partial charge in [-0.3, -0.25) is 4.79 Å². The Morgan fingerprint density at radius 3 is 2.71 bits per heavy atom. The fourth-order valence-electron chi connectivity index (χ4n) is 4.43. The van der Waals surface area contributed by atoms with Crippen molar-refractivity contribution >= 4 is 21.6 Å². The summed E-state index contributed by atoms with van der Waals surface area (Å²) in [5.74, 6) is -0.0539. The van der Waals surface area contributed by atoms with Gasteiger partial charge in [-0.05, 0) is 51.7 Å². The van der Waals surface area contributed by atoms with E-state index >= 15 is 0 Å². The maximum atomic E-state index is 13.3. The van der Waals surface area contributed by atoms with Gasteiger partial charge in [0, 0.05) is 24.8 Å². The van der Waals surface area contributed by atoms with Gasteiger partial charge in [-0.2, -0.15) is 4.31 Å². The summed E-state index contributed by atoms with van der Waals surface area (Å²) in [6.07, 6.45) is 2.18. The second-order valence-corrected chi connectivity index (χ2v) is 9.62. The van der Waals surface area contributed by atoms with Gasteiger partial charge in [-0.25, -0.2) is 8.42 Å². The van der Waals surface area contributed by atoms with E-state index in [1.54, 1.807) is 13.8 Å². The number of aryl methyl sites for hydroxylation is 2. The van der Waals surface area contributed by atoms with Crippen LogP contribution >= 0.6 is 0 Å². The largest absolute Gasteiger partial charge is 0.360 e. The number of carbonyl (C=O) groups excluding carboxylic acids is 1. The number of sulfonamides is 1. The molecule has 1 amide bonds. The van der Waals surface area contributed by atoms with Gasteiger partial charge in [-0.1, -0.05) is 23.4 Å². The molecule has 2 aromatic rings. The van der Waals surface area contributed by atoms with Crippen molar-refractivity contribution in [3.05, 3.63) is 41.3 Å². The van der Waals surface area contributed by atoms with Gasteiger partial charge in [0.2, 0.25) is 15.9 Å². The maximum absolute atomic E-state index is 13.3. The summed E-state index contributed by atoms with van der Waals surface area (Å²) in [6, 6.07) is 8.02. The lowest BCUT2D eigenvalue weighted by Crippen LogP contribution is -2.48. The molecule has 1 aromatic heterocycles. The summed E-state index contributed by atoms with van der Waals surface area (Å²) < 4.78 is 32.8. The van der Waals surface area contributed by atoms with Crippen LogP contribution in [0.5, 0.6) is 0 Å². The van der Waals surface area contributed by atoms with Crippen LogP contribution in [0.1, 0.15) is 36.8 Å². The van der Waals surface area contributed by atoms with Crippen LogP contribution in [0.4, 0.5) is 5.69 Å². The SMILES string of the molecule is Cc1noc(C)c1S(=O)(=O)N1CCC[C@H](C(=O)N2c3ccccc3C[C@@H]2C)C1. The lowest BCUT2D eigenvalue weighted by atomic mass is 9.97. The van der Waals surface area contributed by atoms with Crippen molar-refractivity contribution in [2.24, 2.45) is 5.92 Å². The molecule has 1 aromatic carbocycles. The van der Waals surface area contributed by atoms with Crippen LogP contribution in [-0.2, 0) is 21.2 Å². The molecule has 7 nitrogen and oxygen atoms in total. The zero-order chi connectivity index (χ0) is 20.1. The average molecular weight is 404 g/mol. The number of anilines is 1. The Bertz CT molecular complexity index is 995. The van der Waals surface area contributed by atoms with Gasteiger partial charge in [0.05, 0.1) is 5.92 Å². The second-order valence-electron chi connectivity index (χ2n) is 7.75. The number of amides is 1. The standard InChI is InChI=1S/C20H25N3O4S/c1-13-11-16-7-4-5-9-18(16)23(13)20(24)17-8-6-10-22(12-17)28(25,26)19-14(2)21-27-15(19)3/h4-5,7,9,13,17H,6,8,10-12H2,1-3H3/t13-,17-/m0/s1. The van der Waals surface area contributed by atoms with Crippen molar-refractivity contribution in [2.45, 2.75) is 51.0 Å². The molecule has 0 saturated carbocycles. The first-order chi connectivity index (χ1) is 13.3. The van der Waals surface area contributed by atoms with Crippen LogP contribution in [0.3, 0.4) is 0 Å². The number of hydrogen-bond donors (Lipinski definition) is 0. The number of piperidine rings is 1. The molecule has 1 saturated heterocycles. The first-order valence-corrected chi connectivity index (χ1v) is 11.1. The van der Waals surface area contributed by atoms with Crippen LogP contribution in [0.2, 0.25) is 0 Å². The van der Waals surface area contributed by atoms with E-state index in [1.165, 1.54) is 9.87 Å². The molecule has 0 N–H and O–H groups in total. The van der Waals surface area contributed by atoms with Gasteiger partial charge in [0.15, 0.2) is 5.76 Å². The van der Waals surface area contributed by atoms with Gasteiger partial charge in [0.25, 0.3) is 0 Å². The Morgan fingerprint density at radius 2 is 2.00 bits per heavy atom. The van der Waals surface area contributed by atoms with Crippen LogP contribution in [-0.4, -0.2) is 42.9 Å². The molecule has 8 heteroatoms. The number of rotatable bonds is 3. The van der Waals surface area contributed by atoms with Gasteiger partial charge in [0.1, 0.15) is 10.6 Å². The van der Waals surface area contributed by atoms with Crippen LogP contribution in [0.25, 0.3) is 0 Å². The monoisotopic (exact) mass is 403 g/mol. The van der Waals surface area contributed by atoms with Crippen LogP contribution in [0, 0.1) is 19.8 Å². The summed E-state index contributed by atoms with van der Waals surface area (Å²) in [5.41, 5.74) is 2.47. The molecule has 0 bridgehead atoms. The summed E-state index contributed by atoms with van der Waals surface area (Å²) in [7, 11) is -3.74. The third-order valence-electron chi connectivity index (χ3n) is 5.74. The molecule has 1 fully saturated rings. The van der Waals surface area contributed by atoms with E-state index in [2.05, 4.69) is 5.16 Å². The topological polar surface area (TPSA) is 83.7 Å². The molecule has 4 rings (SSSR count). The molecular formula is C20H25N3O4S. The molecule has 2 aliphatic heterocycles. The normalized spacial score (nSPS) is 23.0. The number of fused-ring (bicyclic) bond motifs is 1. The number of para-hydroxylation sites is 1. The zero-order valence-corrected chi connectivity index (χ0v) is 17.2. The third-order valence-corrected chi connectivity index (χ3v) is 7.85. The first kappa shape index (κ1) is 19.1. The fourth-order valence-corrected chi connectivity index (χ4v) is 6.25. The number of carbonyl (C=O) groups is 1. The molecule has 0 spiro atoms. The number of hydrogen-bond acceptors (Lipinski definition) is 5. The second kappa shape index (κ2) is 7.00. The highest BCUT2D eigenvalue weighted by Crippen LogP contribution is 2.35. The maximum Gasteiger partial charge on any atom is 0.248 e. The molecular weight excluding hydrogens is 378 g/mol. The average Bonchev–Trinajstić information content (AvgIpc) is 3.19. The number of nitrogens with zero attached hydrogens (tertiary/aromatic N) is 3. The summed E-state index contributed by atoms with van der Waals surface area (Å²) in [5, 5.41) is 3.77. The molecule has 0 unspecified atom stereocenters. The lowest BCUT2D eigenvalue weighted by molar-refractivity contribution is -0.123. The molecule has 150 valence electrons. The van der Waals surface area contributed by atoms with E-state index in [-0.39, 0.29) is 35.1 Å². The van der Waals surface area contributed by atoms with Crippen LogP contribution < -0.4 is 4.90 Å². The van der Waals surface area contributed by atoms with Gasteiger partial charge in [-0.15, -0.1) is 0 Å². The molecule has 3 heterocycles. The smallest absolute Gasteiger partial charge is 0.248 e. The van der Waals surface area contributed by atoms with E-state index < -0.39 is 10.0 Å². The Kier molecular flexibility index (Phi) is 4.79. The number of benzene rings is 1. The highest BCUT2D eigenvalue weighted by atomic mass is 32.2. The molecule has 0 radical (unpaired) electrons. The minimum Gasteiger partial charge on any atom is -0.360 e. The zero-order valence-electron chi connectivity index (χ0n) is 16.4. The highest BCUT2D eigenvalue weighted by Gasteiger charge is 2.40. The van der Waals surface area contributed by atoms with E-state index in [1.807, 2.05) is 36.1 Å². The fraction of sp³-hybridized carbons (Fsp3) is 0.500. The van der Waals surface area contributed by atoms with Crippen molar-refractivity contribution in [2.75, 3.05) is 18.0 Å². The Balaban J connectivity index is 1.59. The summed E-state index contributed by atoms with van der Waals surface area (Å²) in [6.45, 7) is 5.86. The van der Waals surface area contributed by atoms with Crippen molar-refractivity contribution in [3.8, 4) is 0 Å². The first-order valence-electron chi connectivity index (χ1n) is 9.64. The highest BCUT2D eigenvalue weighted by molar-refractivity contribution is 7.89. The quantitative estimate of drug-likeness (QED) is 0.787. The Hall–Kier alpha value is -2.19. The minimum atomic E-state index is -3.74. The van der Waals surface area contributed by atoms with Crippen molar-refractivity contribution in [1.82, 2.24) is 9.46 Å². The predicted molar refractivity (Wildman–Crippen MR) is 105 cm³/mol. The summed E-state index contributed by atoms with van der Waals surface area (Å²) in [4.78, 5) is 15.3. The Labute approximate surface area is 165 Å². The van der Waals surface area contributed by atoms with Gasteiger partial charge < -0.3 is 9.42 Å². The van der Waals surface area contributed by atoms with E-state index in [9.17, 15) is 13.2 Å². The van der Waals surface area contributed by atoms with Crippen molar-refractivity contribution < 1.29 is 17.7 Å². The van der Waals surface area contributed by atoms with E-state index in [0.717, 1.165) is 12.1 Å². The predicted octanol–water partition coefficient (Wildman–Crippen LogP) is 2.67. The number of aromatic nitrogens is 1. The van der Waals surface area contributed by atoms with Crippen molar-refractivity contribution in [3.63, 3.8) is 0 Å². The van der Waals surface area contributed by atoms with E-state index in [4.69, 9.17) is 4.52 Å². The Morgan fingerprint density at radius 1 is 1.25 bits per heavy atom. The minimum absolute atomic E-state index is 0.0103. The van der Waals surface area contributed by atoms with E-state index in [0.29, 0.717) is 25.1 Å². The van der Waals surface area contributed by atoms with Crippen molar-refractivity contribution in [1.29, 1.82) is 0 Å². The lowest BCUT2D eigenvalue weighted by Gasteiger charge is -2.34. The third kappa shape index (κ3) is 3.04. The molecule has 2 atom stereocenters. The molecule has 0 aliphatic carbocycles. The van der Waals surface area contributed by atoms with Gasteiger partial charge >= 0.3 is 0 Å². The summed E-state index contributed by atoms with van der Waals surface area (Å²) >= 11 is 0. The molecule has 2 aliphatic rings. The molecule has 28 heavy (non-hydrogen) atoms.